The van der Waals surface area contributed by atoms with Gasteiger partial charge in [-0.25, -0.2) is 0 Å². The number of allylic oxidation sites excluding steroid dienone is 5. The van der Waals surface area contributed by atoms with Crippen molar-refractivity contribution in [3.8, 4) is 6.07 Å². The van der Waals surface area contributed by atoms with Gasteiger partial charge in [0.25, 0.3) is 0 Å². The first-order valence-corrected chi connectivity index (χ1v) is 3.46. The van der Waals surface area contributed by atoms with E-state index in [0.29, 0.717) is 0 Å². The van der Waals surface area contributed by atoms with Crippen LogP contribution in [0.25, 0.3) is 0 Å². The number of hydrogen-bond acceptors (Lipinski definition) is 2. The molecule has 0 radical (unpaired) electrons. The zero-order chi connectivity index (χ0) is 7.68. The molecule has 0 unspecified atom stereocenters. The van der Waals surface area contributed by atoms with Gasteiger partial charge in [0.1, 0.15) is 0 Å². The third kappa shape index (κ3) is 0.908. The molecule has 11 heavy (non-hydrogen) atoms. The molecular weight excluding hydrogens is 136 g/mol. The van der Waals surface area contributed by atoms with E-state index >= 15 is 0 Å². The number of fused-ring (bicyclic) bond motifs is 1. The van der Waals surface area contributed by atoms with Gasteiger partial charge in [0.15, 0.2) is 0 Å². The summed E-state index contributed by atoms with van der Waals surface area (Å²) in [5, 5.41) is 8.58. The van der Waals surface area contributed by atoms with Crippen molar-refractivity contribution in [2.24, 2.45) is 4.99 Å². The van der Waals surface area contributed by atoms with Gasteiger partial charge >= 0.3 is 0 Å². The molecule has 2 nitrogen and oxygen atoms in total. The standard InChI is InChI=1S/C9H6N2/c10-6-7-1-2-9-8(5-7)3-4-11-9/h1,3-5H,2H2. The monoisotopic (exact) mass is 142 g/mol. The Morgan fingerprint density at radius 3 is 3.27 bits per heavy atom. The molecule has 0 atom stereocenters. The fourth-order valence-electron chi connectivity index (χ4n) is 1.19. The summed E-state index contributed by atoms with van der Waals surface area (Å²) in [4.78, 5) is 4.14. The minimum absolute atomic E-state index is 0.741. The fourth-order valence-corrected chi connectivity index (χ4v) is 1.19. The molecule has 0 N–H and O–H groups in total. The summed E-state index contributed by atoms with van der Waals surface area (Å²) in [5.41, 5.74) is 2.90. The first-order valence-electron chi connectivity index (χ1n) is 3.46. The highest BCUT2D eigenvalue weighted by atomic mass is 14.7. The summed E-state index contributed by atoms with van der Waals surface area (Å²) in [7, 11) is 0. The van der Waals surface area contributed by atoms with Crippen molar-refractivity contribution in [1.29, 1.82) is 5.26 Å². The highest BCUT2D eigenvalue weighted by Gasteiger charge is 2.11. The molecule has 0 aromatic rings. The summed E-state index contributed by atoms with van der Waals surface area (Å²) in [6.45, 7) is 0. The Kier molecular flexibility index (Phi) is 1.23. The number of rotatable bonds is 0. The van der Waals surface area contributed by atoms with E-state index in [0.717, 1.165) is 23.3 Å². The van der Waals surface area contributed by atoms with Crippen molar-refractivity contribution < 1.29 is 0 Å². The molecule has 0 amide bonds. The van der Waals surface area contributed by atoms with Crippen LogP contribution in [0.2, 0.25) is 0 Å². The maximum absolute atomic E-state index is 8.58. The lowest BCUT2D eigenvalue weighted by atomic mass is 9.99. The average molecular weight is 142 g/mol. The molecule has 0 saturated carbocycles. The van der Waals surface area contributed by atoms with Crippen LogP contribution in [0.4, 0.5) is 0 Å². The van der Waals surface area contributed by atoms with Gasteiger partial charge in [-0.15, -0.1) is 0 Å². The number of aliphatic imine (C=N–C) groups is 1. The molecule has 52 valence electrons. The second-order valence-corrected chi connectivity index (χ2v) is 2.47. The molecule has 2 heteroatoms. The average Bonchev–Trinajstić information content (AvgIpc) is 2.50. The number of nitrogens with zero attached hydrogens (tertiary/aromatic N) is 2. The molecule has 0 saturated heterocycles. The summed E-state index contributed by atoms with van der Waals surface area (Å²) < 4.78 is 0. The van der Waals surface area contributed by atoms with Gasteiger partial charge in [-0.1, -0.05) is 6.08 Å². The molecule has 0 bridgehead atoms. The van der Waals surface area contributed by atoms with E-state index in [1.807, 2.05) is 18.2 Å². The van der Waals surface area contributed by atoms with Gasteiger partial charge in [-0.3, -0.25) is 4.99 Å². The van der Waals surface area contributed by atoms with Gasteiger partial charge in [-0.05, 0) is 17.7 Å². The van der Waals surface area contributed by atoms with Gasteiger partial charge < -0.3 is 0 Å². The lowest BCUT2D eigenvalue weighted by molar-refractivity contribution is 1.36. The van der Waals surface area contributed by atoms with Gasteiger partial charge in [-0.2, -0.15) is 5.26 Å². The van der Waals surface area contributed by atoms with Gasteiger partial charge in [0, 0.05) is 18.2 Å². The van der Waals surface area contributed by atoms with Crippen LogP contribution in [0.1, 0.15) is 6.42 Å². The summed E-state index contributed by atoms with van der Waals surface area (Å²) >= 11 is 0. The first kappa shape index (κ1) is 6.11. The van der Waals surface area contributed by atoms with E-state index in [-0.39, 0.29) is 0 Å². The van der Waals surface area contributed by atoms with Crippen molar-refractivity contribution in [1.82, 2.24) is 0 Å². The van der Waals surface area contributed by atoms with Crippen molar-refractivity contribution in [3.63, 3.8) is 0 Å². The molecule has 0 fully saturated rings. The van der Waals surface area contributed by atoms with Crippen LogP contribution in [0.3, 0.4) is 0 Å². The van der Waals surface area contributed by atoms with Crippen LogP contribution in [-0.2, 0) is 0 Å². The Labute approximate surface area is 64.9 Å². The summed E-state index contributed by atoms with van der Waals surface area (Å²) in [6.07, 6.45) is 8.26. The SMILES string of the molecule is N#CC1=CCC2=NC=CC2=C1. The third-order valence-corrected chi connectivity index (χ3v) is 1.77. The smallest absolute Gasteiger partial charge is 0.0988 e. The molecular formula is C9H6N2. The first-order chi connectivity index (χ1) is 5.40. The van der Waals surface area contributed by atoms with Gasteiger partial charge in [0.2, 0.25) is 0 Å². The number of hydrogen-bond donors (Lipinski definition) is 0. The summed E-state index contributed by atoms with van der Waals surface area (Å²) in [6, 6.07) is 2.11. The van der Waals surface area contributed by atoms with Crippen molar-refractivity contribution in [2.75, 3.05) is 0 Å². The Hall–Kier alpha value is -1.62. The van der Waals surface area contributed by atoms with Crippen LogP contribution >= 0.6 is 0 Å². The van der Waals surface area contributed by atoms with Crippen molar-refractivity contribution >= 4 is 5.71 Å². The molecule has 0 aromatic heterocycles. The van der Waals surface area contributed by atoms with Crippen LogP contribution < -0.4 is 0 Å². The normalized spacial score (nSPS) is 19.7. The maximum Gasteiger partial charge on any atom is 0.0988 e. The molecule has 1 aliphatic carbocycles. The Morgan fingerprint density at radius 2 is 2.45 bits per heavy atom. The minimum atomic E-state index is 0.741. The maximum atomic E-state index is 8.58. The van der Waals surface area contributed by atoms with E-state index in [1.54, 1.807) is 6.20 Å². The van der Waals surface area contributed by atoms with Crippen molar-refractivity contribution in [2.45, 2.75) is 6.42 Å². The molecule has 2 aliphatic rings. The zero-order valence-corrected chi connectivity index (χ0v) is 5.91. The molecule has 1 heterocycles. The molecule has 2 rings (SSSR count). The lowest BCUT2D eigenvalue weighted by Gasteiger charge is -2.04. The van der Waals surface area contributed by atoms with E-state index in [2.05, 4.69) is 11.1 Å². The highest BCUT2D eigenvalue weighted by molar-refractivity contribution is 6.07. The minimum Gasteiger partial charge on any atom is -0.260 e. The molecule has 0 spiro atoms. The summed E-state index contributed by atoms with van der Waals surface area (Å²) in [5.74, 6) is 0. The van der Waals surface area contributed by atoms with Crippen LogP contribution in [0.5, 0.6) is 0 Å². The van der Waals surface area contributed by atoms with E-state index < -0.39 is 0 Å². The highest BCUT2D eigenvalue weighted by Crippen LogP contribution is 2.19. The van der Waals surface area contributed by atoms with Crippen LogP contribution in [-0.4, -0.2) is 5.71 Å². The zero-order valence-electron chi connectivity index (χ0n) is 5.91. The Bertz CT molecular complexity index is 348. The second kappa shape index (κ2) is 2.21. The van der Waals surface area contributed by atoms with Crippen LogP contribution in [0.15, 0.2) is 40.6 Å². The Morgan fingerprint density at radius 1 is 1.55 bits per heavy atom. The molecule has 0 aromatic carbocycles. The predicted molar refractivity (Wildman–Crippen MR) is 43.0 cm³/mol. The molecule has 1 aliphatic heterocycles. The largest absolute Gasteiger partial charge is 0.260 e. The topological polar surface area (TPSA) is 36.1 Å². The van der Waals surface area contributed by atoms with Crippen LogP contribution in [0, 0.1) is 11.3 Å². The van der Waals surface area contributed by atoms with E-state index in [1.165, 1.54) is 0 Å². The lowest BCUT2D eigenvalue weighted by Crippen LogP contribution is -2.00. The quantitative estimate of drug-likeness (QED) is 0.507. The third-order valence-electron chi connectivity index (χ3n) is 1.77. The van der Waals surface area contributed by atoms with E-state index in [9.17, 15) is 0 Å². The van der Waals surface area contributed by atoms with Crippen molar-refractivity contribution in [3.05, 3.63) is 35.6 Å². The number of nitriles is 1. The fraction of sp³-hybridized carbons (Fsp3) is 0.111. The van der Waals surface area contributed by atoms with Gasteiger partial charge in [0.05, 0.1) is 11.8 Å². The Balaban J connectivity index is 2.41. The second-order valence-electron chi connectivity index (χ2n) is 2.47. The van der Waals surface area contributed by atoms with E-state index in [4.69, 9.17) is 5.26 Å². The predicted octanol–water partition coefficient (Wildman–Crippen LogP) is 1.73.